The number of carbonyl (C=O) groups is 2. The monoisotopic (exact) mass is 260 g/mol. The van der Waals surface area contributed by atoms with Crippen LogP contribution in [0.25, 0.3) is 0 Å². The van der Waals surface area contributed by atoms with Gasteiger partial charge in [-0.15, -0.1) is 12.4 Å². The van der Waals surface area contributed by atoms with Crippen molar-refractivity contribution >= 4 is 24.4 Å². The molecule has 0 radical (unpaired) electrons. The number of phenolic OH excluding ortho intramolecular Hbond substituents is 1. The molecule has 0 heterocycles. The number of carboxylic acid groups (broad SMARTS) is 1. The molecule has 0 fully saturated rings. The molecule has 0 aromatic heterocycles. The van der Waals surface area contributed by atoms with E-state index in [1.165, 1.54) is 12.1 Å². The molecular formula is C10H13ClN2O4. The average Bonchev–Trinajstić information content (AvgIpc) is 2.19. The van der Waals surface area contributed by atoms with Gasteiger partial charge in [-0.3, -0.25) is 0 Å². The molecule has 5 N–H and O–H groups in total. The lowest BCUT2D eigenvalue weighted by Crippen LogP contribution is -2.44. The minimum atomic E-state index is -1.16. The molecule has 2 amide bonds. The lowest BCUT2D eigenvalue weighted by Gasteiger charge is -2.12. The number of aliphatic carboxylic acids is 1. The van der Waals surface area contributed by atoms with Crippen molar-refractivity contribution in [3.63, 3.8) is 0 Å². The lowest BCUT2D eigenvalue weighted by molar-refractivity contribution is -0.139. The van der Waals surface area contributed by atoms with Gasteiger partial charge < -0.3 is 21.3 Å². The third-order valence-corrected chi connectivity index (χ3v) is 1.99. The van der Waals surface area contributed by atoms with Crippen LogP contribution < -0.4 is 11.1 Å². The zero-order valence-electron chi connectivity index (χ0n) is 8.79. The van der Waals surface area contributed by atoms with E-state index < -0.39 is 18.0 Å². The zero-order valence-corrected chi connectivity index (χ0v) is 9.61. The highest BCUT2D eigenvalue weighted by atomic mass is 35.5. The van der Waals surface area contributed by atoms with E-state index in [-0.39, 0.29) is 24.6 Å². The topological polar surface area (TPSA) is 113 Å². The fourth-order valence-electron chi connectivity index (χ4n) is 1.24. The molecule has 0 unspecified atom stereocenters. The summed E-state index contributed by atoms with van der Waals surface area (Å²) in [5.74, 6) is -1.06. The highest BCUT2D eigenvalue weighted by Gasteiger charge is 2.18. The molecule has 7 heteroatoms. The second-order valence-electron chi connectivity index (χ2n) is 3.27. The molecule has 0 saturated carbocycles. The van der Waals surface area contributed by atoms with E-state index in [2.05, 4.69) is 5.32 Å². The van der Waals surface area contributed by atoms with Crippen LogP contribution in [0.3, 0.4) is 0 Å². The standard InChI is InChI=1S/C10H12N2O4.ClH/c11-10(16)12-8(9(14)15)5-6-1-3-7(13)4-2-6;/h1-4,8,13H,5H2,(H,14,15)(H3,11,12,16);1H/t8-;/m1./s1. The molecule has 17 heavy (non-hydrogen) atoms. The number of amides is 2. The highest BCUT2D eigenvalue weighted by Crippen LogP contribution is 2.11. The largest absolute Gasteiger partial charge is 0.508 e. The predicted molar refractivity (Wildman–Crippen MR) is 63.2 cm³/mol. The number of hydrogen-bond donors (Lipinski definition) is 4. The van der Waals surface area contributed by atoms with Gasteiger partial charge in [0, 0.05) is 6.42 Å². The molecule has 0 aliphatic carbocycles. The Morgan fingerprint density at radius 2 is 1.82 bits per heavy atom. The Bertz CT molecular complexity index is 394. The van der Waals surface area contributed by atoms with E-state index in [4.69, 9.17) is 15.9 Å². The first-order chi connectivity index (χ1) is 7.49. The molecule has 1 atom stereocenters. The number of benzene rings is 1. The summed E-state index contributed by atoms with van der Waals surface area (Å²) in [5.41, 5.74) is 5.54. The first-order valence-corrected chi connectivity index (χ1v) is 4.55. The van der Waals surface area contributed by atoms with E-state index in [1.807, 2.05) is 0 Å². The number of nitrogens with two attached hydrogens (primary N) is 1. The number of phenols is 1. The average molecular weight is 261 g/mol. The number of carbonyl (C=O) groups excluding carboxylic acids is 1. The summed E-state index contributed by atoms with van der Waals surface area (Å²) >= 11 is 0. The minimum Gasteiger partial charge on any atom is -0.508 e. The number of urea groups is 1. The molecule has 1 rings (SSSR count). The first-order valence-electron chi connectivity index (χ1n) is 4.55. The molecule has 0 spiro atoms. The van der Waals surface area contributed by atoms with Gasteiger partial charge in [-0.1, -0.05) is 12.1 Å². The maximum Gasteiger partial charge on any atom is 0.326 e. The summed E-state index contributed by atoms with van der Waals surface area (Å²) in [7, 11) is 0. The van der Waals surface area contributed by atoms with Crippen molar-refractivity contribution in [2.75, 3.05) is 0 Å². The number of hydrogen-bond acceptors (Lipinski definition) is 3. The summed E-state index contributed by atoms with van der Waals surface area (Å²) in [6, 6.07) is 4.09. The van der Waals surface area contributed by atoms with E-state index in [1.54, 1.807) is 12.1 Å². The van der Waals surface area contributed by atoms with Crippen molar-refractivity contribution in [1.29, 1.82) is 0 Å². The van der Waals surface area contributed by atoms with Crippen LogP contribution in [-0.4, -0.2) is 28.3 Å². The van der Waals surface area contributed by atoms with Gasteiger partial charge >= 0.3 is 12.0 Å². The number of aromatic hydroxyl groups is 1. The van der Waals surface area contributed by atoms with Gasteiger partial charge in [0.15, 0.2) is 0 Å². The van der Waals surface area contributed by atoms with Gasteiger partial charge in [0.2, 0.25) is 0 Å². The Morgan fingerprint density at radius 3 is 2.24 bits per heavy atom. The van der Waals surface area contributed by atoms with Crippen molar-refractivity contribution in [1.82, 2.24) is 5.32 Å². The molecule has 6 nitrogen and oxygen atoms in total. The summed E-state index contributed by atoms with van der Waals surface area (Å²) in [4.78, 5) is 21.4. The van der Waals surface area contributed by atoms with Crippen molar-refractivity contribution in [2.24, 2.45) is 5.73 Å². The Balaban J connectivity index is 0.00000256. The molecule has 0 aliphatic heterocycles. The van der Waals surface area contributed by atoms with Gasteiger partial charge in [0.25, 0.3) is 0 Å². The maximum absolute atomic E-state index is 10.8. The number of rotatable bonds is 4. The summed E-state index contributed by atoms with van der Waals surface area (Å²) in [5, 5.41) is 20.0. The Labute approximate surface area is 104 Å². The second kappa shape index (κ2) is 6.59. The number of carboxylic acids is 1. The first kappa shape index (κ1) is 15.0. The molecule has 94 valence electrons. The summed E-state index contributed by atoms with van der Waals surface area (Å²) < 4.78 is 0. The molecule has 1 aromatic rings. The van der Waals surface area contributed by atoms with Crippen LogP contribution >= 0.6 is 12.4 Å². The van der Waals surface area contributed by atoms with Crippen molar-refractivity contribution in [3.8, 4) is 5.75 Å². The quantitative estimate of drug-likeness (QED) is 0.630. The molecule has 0 saturated heterocycles. The van der Waals surface area contributed by atoms with Gasteiger partial charge in [-0.2, -0.15) is 0 Å². The molecule has 0 bridgehead atoms. The zero-order chi connectivity index (χ0) is 12.1. The van der Waals surface area contributed by atoms with E-state index >= 15 is 0 Å². The maximum atomic E-state index is 10.8. The smallest absolute Gasteiger partial charge is 0.326 e. The van der Waals surface area contributed by atoms with Crippen LogP contribution in [0.2, 0.25) is 0 Å². The number of nitrogens with one attached hydrogen (secondary N) is 1. The normalized spacial score (nSPS) is 11.1. The van der Waals surface area contributed by atoms with Crippen molar-refractivity contribution in [3.05, 3.63) is 29.8 Å². The Kier molecular flexibility index (Phi) is 5.84. The Hall–Kier alpha value is -1.95. The molecular weight excluding hydrogens is 248 g/mol. The number of halogens is 1. The number of primary amides is 1. The third kappa shape index (κ3) is 5.07. The molecule has 1 aromatic carbocycles. The van der Waals surface area contributed by atoms with Crippen LogP contribution in [0.4, 0.5) is 4.79 Å². The van der Waals surface area contributed by atoms with E-state index in [0.717, 1.165) is 0 Å². The molecule has 0 aliphatic rings. The van der Waals surface area contributed by atoms with E-state index in [0.29, 0.717) is 5.56 Å². The van der Waals surface area contributed by atoms with Crippen molar-refractivity contribution < 1.29 is 19.8 Å². The summed E-state index contributed by atoms with van der Waals surface area (Å²) in [6.45, 7) is 0. The Morgan fingerprint density at radius 1 is 1.29 bits per heavy atom. The van der Waals surface area contributed by atoms with E-state index in [9.17, 15) is 9.59 Å². The van der Waals surface area contributed by atoms with Crippen LogP contribution in [0, 0.1) is 0 Å². The van der Waals surface area contributed by atoms with Gasteiger partial charge in [-0.05, 0) is 17.7 Å². The van der Waals surface area contributed by atoms with Gasteiger partial charge in [0.05, 0.1) is 0 Å². The van der Waals surface area contributed by atoms with Crippen LogP contribution in [0.5, 0.6) is 5.75 Å². The predicted octanol–water partition coefficient (Wildman–Crippen LogP) is 0.478. The second-order valence-corrected chi connectivity index (χ2v) is 3.27. The minimum absolute atomic E-state index is 0. The van der Waals surface area contributed by atoms with Crippen molar-refractivity contribution in [2.45, 2.75) is 12.5 Å². The third-order valence-electron chi connectivity index (χ3n) is 1.99. The highest BCUT2D eigenvalue weighted by molar-refractivity contribution is 5.85. The fraction of sp³-hybridized carbons (Fsp3) is 0.200. The SMILES string of the molecule is Cl.NC(=O)N[C@H](Cc1ccc(O)cc1)C(=O)O. The fourth-order valence-corrected chi connectivity index (χ4v) is 1.24. The van der Waals surface area contributed by atoms with Crippen LogP contribution in [0.15, 0.2) is 24.3 Å². The van der Waals surface area contributed by atoms with Gasteiger partial charge in [0.1, 0.15) is 11.8 Å². The van der Waals surface area contributed by atoms with Gasteiger partial charge in [-0.25, -0.2) is 9.59 Å². The lowest BCUT2D eigenvalue weighted by atomic mass is 10.1. The van der Waals surface area contributed by atoms with Crippen LogP contribution in [-0.2, 0) is 11.2 Å². The summed E-state index contributed by atoms with van der Waals surface area (Å²) in [6.07, 6.45) is 0.110. The van der Waals surface area contributed by atoms with Crippen LogP contribution in [0.1, 0.15) is 5.56 Å².